The molecule has 3 atom stereocenters. The van der Waals surface area contributed by atoms with Gasteiger partial charge in [0.1, 0.15) is 28.9 Å². The Kier molecular flexibility index (Phi) is 3.33. The number of phenols is 1. The van der Waals surface area contributed by atoms with E-state index in [9.17, 15) is 24.9 Å². The predicted octanol–water partition coefficient (Wildman–Crippen LogP) is 0.935. The van der Waals surface area contributed by atoms with Gasteiger partial charge in [0.2, 0.25) is 0 Å². The molecule has 122 valence electrons. The van der Waals surface area contributed by atoms with E-state index in [4.69, 9.17) is 9.47 Å². The number of hydrogen-bond donors (Lipinski definition) is 3. The Morgan fingerprint density at radius 3 is 2.74 bits per heavy atom. The molecule has 0 unspecified atom stereocenters. The van der Waals surface area contributed by atoms with E-state index < -0.39 is 35.1 Å². The maximum absolute atomic E-state index is 12.4. The number of aliphatic hydroxyl groups is 2. The highest BCUT2D eigenvalue weighted by Crippen LogP contribution is 2.49. The van der Waals surface area contributed by atoms with Crippen molar-refractivity contribution < 1.29 is 34.4 Å². The van der Waals surface area contributed by atoms with E-state index in [1.165, 1.54) is 18.2 Å². The average Bonchev–Trinajstić information content (AvgIpc) is 2.51. The predicted molar refractivity (Wildman–Crippen MR) is 77.8 cm³/mol. The summed E-state index contributed by atoms with van der Waals surface area (Å²) in [5.41, 5.74) is -2.62. The first kappa shape index (κ1) is 15.4. The van der Waals surface area contributed by atoms with Crippen molar-refractivity contribution in [3.63, 3.8) is 0 Å². The van der Waals surface area contributed by atoms with Gasteiger partial charge in [0.05, 0.1) is 12.7 Å². The zero-order valence-electron chi connectivity index (χ0n) is 12.6. The van der Waals surface area contributed by atoms with Crippen LogP contribution in [0, 0.1) is 5.92 Å². The number of carbonyl (C=O) groups is 2. The fraction of sp³-hybridized carbons (Fsp3) is 0.375. The van der Waals surface area contributed by atoms with Crippen LogP contribution in [0.25, 0.3) is 5.76 Å². The Hall–Kier alpha value is -2.54. The molecule has 1 aliphatic carbocycles. The van der Waals surface area contributed by atoms with E-state index in [0.717, 1.165) is 7.11 Å². The van der Waals surface area contributed by atoms with Crippen LogP contribution in [0.4, 0.5) is 0 Å². The summed E-state index contributed by atoms with van der Waals surface area (Å²) in [7, 11) is 1.10. The lowest BCUT2D eigenvalue weighted by Gasteiger charge is -2.45. The molecule has 0 saturated heterocycles. The number of fused-ring (bicyclic) bond motifs is 2. The molecule has 7 nitrogen and oxygen atoms in total. The molecule has 2 aliphatic rings. The Bertz CT molecular complexity index is 736. The number of esters is 1. The van der Waals surface area contributed by atoms with Crippen LogP contribution in [-0.4, -0.2) is 45.9 Å². The van der Waals surface area contributed by atoms with Gasteiger partial charge in [-0.15, -0.1) is 0 Å². The molecule has 1 fully saturated rings. The minimum absolute atomic E-state index is 0.0161. The lowest BCUT2D eigenvalue weighted by atomic mass is 9.69. The van der Waals surface area contributed by atoms with Crippen molar-refractivity contribution in [2.75, 3.05) is 7.11 Å². The number of methoxy groups -OCH3 is 1. The molecule has 0 radical (unpaired) electrons. The Balaban J connectivity index is 2.35. The maximum Gasteiger partial charge on any atom is 0.358 e. The minimum Gasteiger partial charge on any atom is -0.507 e. The number of carbonyl (C=O) groups excluding carboxylic acids is 2. The first-order chi connectivity index (χ1) is 10.8. The van der Waals surface area contributed by atoms with Gasteiger partial charge in [-0.25, -0.2) is 4.79 Å². The molecule has 7 heteroatoms. The Labute approximate surface area is 131 Å². The van der Waals surface area contributed by atoms with Crippen molar-refractivity contribution in [3.05, 3.63) is 29.3 Å². The van der Waals surface area contributed by atoms with Crippen LogP contribution >= 0.6 is 0 Å². The van der Waals surface area contributed by atoms with Crippen molar-refractivity contribution >= 4 is 17.5 Å². The Morgan fingerprint density at radius 1 is 1.39 bits per heavy atom. The summed E-state index contributed by atoms with van der Waals surface area (Å²) in [4.78, 5) is 24.8. The summed E-state index contributed by atoms with van der Waals surface area (Å²) in [5.74, 6) is -2.99. The quantitative estimate of drug-likeness (QED) is 0.660. The van der Waals surface area contributed by atoms with Crippen LogP contribution in [0.1, 0.15) is 18.9 Å². The first-order valence-electron chi connectivity index (χ1n) is 7.09. The highest BCUT2D eigenvalue weighted by molar-refractivity contribution is 6.12. The highest BCUT2D eigenvalue weighted by atomic mass is 16.6. The fourth-order valence-electron chi connectivity index (χ4n) is 3.24. The van der Waals surface area contributed by atoms with E-state index in [-0.39, 0.29) is 29.1 Å². The van der Waals surface area contributed by atoms with Gasteiger partial charge in [-0.1, -0.05) is 13.0 Å². The average molecular weight is 320 g/mol. The third kappa shape index (κ3) is 1.86. The number of aliphatic hydroxyl groups excluding tert-OH is 2. The first-order valence-corrected chi connectivity index (χ1v) is 7.09. The molecule has 1 heterocycles. The van der Waals surface area contributed by atoms with Crippen molar-refractivity contribution in [2.45, 2.75) is 25.0 Å². The summed E-state index contributed by atoms with van der Waals surface area (Å²) < 4.78 is 10.4. The molecular weight excluding hydrogens is 304 g/mol. The molecule has 1 aromatic rings. The van der Waals surface area contributed by atoms with Crippen molar-refractivity contribution in [1.82, 2.24) is 0 Å². The zero-order chi connectivity index (χ0) is 16.9. The number of hydrogen-bond acceptors (Lipinski definition) is 7. The third-order valence-corrected chi connectivity index (χ3v) is 4.35. The van der Waals surface area contributed by atoms with Crippen LogP contribution < -0.4 is 4.74 Å². The second-order valence-electron chi connectivity index (χ2n) is 5.75. The van der Waals surface area contributed by atoms with Gasteiger partial charge in [-0.3, -0.25) is 4.79 Å². The number of ketones is 1. The van der Waals surface area contributed by atoms with Gasteiger partial charge in [-0.2, -0.15) is 0 Å². The van der Waals surface area contributed by atoms with E-state index in [1.54, 1.807) is 6.92 Å². The monoisotopic (exact) mass is 320 g/mol. The Morgan fingerprint density at radius 2 is 2.09 bits per heavy atom. The fourth-order valence-corrected chi connectivity index (χ4v) is 3.24. The van der Waals surface area contributed by atoms with Crippen LogP contribution in [0.5, 0.6) is 11.5 Å². The highest BCUT2D eigenvalue weighted by Gasteiger charge is 2.62. The molecule has 1 aromatic carbocycles. The van der Waals surface area contributed by atoms with Gasteiger partial charge in [0, 0.05) is 6.42 Å². The number of aromatic hydroxyl groups is 1. The molecule has 0 bridgehead atoms. The second kappa shape index (κ2) is 4.99. The van der Waals surface area contributed by atoms with Gasteiger partial charge >= 0.3 is 5.97 Å². The molecule has 23 heavy (non-hydrogen) atoms. The SMILES string of the molecule is COC(=O)[C@@]12Oc3cccc(O)c3C(O)=C1C(=O)C[C@H](C)[C@H]2O. The van der Waals surface area contributed by atoms with E-state index in [1.807, 2.05) is 0 Å². The van der Waals surface area contributed by atoms with Crippen LogP contribution in [0.15, 0.2) is 23.8 Å². The van der Waals surface area contributed by atoms with E-state index in [2.05, 4.69) is 0 Å². The van der Waals surface area contributed by atoms with Gasteiger partial charge in [0.15, 0.2) is 5.78 Å². The van der Waals surface area contributed by atoms with Crippen molar-refractivity contribution in [1.29, 1.82) is 0 Å². The van der Waals surface area contributed by atoms with Crippen molar-refractivity contribution in [2.24, 2.45) is 5.92 Å². The van der Waals surface area contributed by atoms with E-state index >= 15 is 0 Å². The summed E-state index contributed by atoms with van der Waals surface area (Å²) >= 11 is 0. The lowest BCUT2D eigenvalue weighted by Crippen LogP contribution is -2.64. The van der Waals surface area contributed by atoms with Gasteiger partial charge < -0.3 is 24.8 Å². The summed E-state index contributed by atoms with van der Waals surface area (Å²) in [6.45, 7) is 1.60. The zero-order valence-corrected chi connectivity index (χ0v) is 12.6. The molecule has 0 amide bonds. The molecule has 3 rings (SSSR count). The van der Waals surface area contributed by atoms with Crippen molar-refractivity contribution in [3.8, 4) is 11.5 Å². The molecule has 1 aliphatic heterocycles. The van der Waals surface area contributed by atoms with Crippen LogP contribution in [0.2, 0.25) is 0 Å². The number of ether oxygens (including phenoxy) is 2. The number of phenolic OH excluding ortho intramolecular Hbond substituents is 1. The summed E-state index contributed by atoms with van der Waals surface area (Å²) in [5, 5.41) is 31.0. The summed E-state index contributed by atoms with van der Waals surface area (Å²) in [6.07, 6.45) is -1.45. The van der Waals surface area contributed by atoms with Crippen LogP contribution in [0.3, 0.4) is 0 Å². The minimum atomic E-state index is -2.14. The molecule has 1 saturated carbocycles. The second-order valence-corrected chi connectivity index (χ2v) is 5.75. The molecule has 0 spiro atoms. The molecular formula is C16H16O7. The molecule has 3 N–H and O–H groups in total. The maximum atomic E-state index is 12.4. The largest absolute Gasteiger partial charge is 0.507 e. The number of benzene rings is 1. The molecule has 0 aromatic heterocycles. The van der Waals surface area contributed by atoms with Gasteiger partial charge in [0.25, 0.3) is 5.60 Å². The lowest BCUT2D eigenvalue weighted by molar-refractivity contribution is -0.173. The standard InChI is InChI=1S/C16H16O7/c1-7-6-9(18)12-13(19)11-8(17)4-3-5-10(11)23-16(12,14(7)20)15(21)22-2/h3-5,7,14,17,19-20H,6H2,1-2H3/t7-,14+,16+/m0/s1. The topological polar surface area (TPSA) is 113 Å². The smallest absolute Gasteiger partial charge is 0.358 e. The van der Waals surface area contributed by atoms with Crippen LogP contribution in [-0.2, 0) is 14.3 Å². The van der Waals surface area contributed by atoms with Gasteiger partial charge in [-0.05, 0) is 18.1 Å². The number of Topliss-reactive ketones (excluding diaryl/α,β-unsaturated/α-hetero) is 1. The third-order valence-electron chi connectivity index (χ3n) is 4.35. The van der Waals surface area contributed by atoms with E-state index in [0.29, 0.717) is 0 Å². The summed E-state index contributed by atoms with van der Waals surface area (Å²) in [6, 6.07) is 4.19. The number of rotatable bonds is 1. The normalized spacial score (nSPS) is 29.4.